The number of imidazole rings is 1. The summed E-state index contributed by atoms with van der Waals surface area (Å²) in [7, 11) is -3.59. The Morgan fingerprint density at radius 3 is 2.76 bits per heavy atom. The summed E-state index contributed by atoms with van der Waals surface area (Å²) in [5.74, 6) is 0. The predicted molar refractivity (Wildman–Crippen MR) is 63.5 cm³/mol. The Morgan fingerprint density at radius 1 is 1.35 bits per heavy atom. The quantitative estimate of drug-likeness (QED) is 0.688. The number of benzene rings is 1. The van der Waals surface area contributed by atoms with E-state index in [1.54, 1.807) is 24.4 Å². The second-order valence-electron chi connectivity index (χ2n) is 3.44. The number of nitrogens with zero attached hydrogens (tertiary/aromatic N) is 1. The van der Waals surface area contributed by atoms with Crippen molar-refractivity contribution in [3.05, 3.63) is 42.5 Å². The Kier molecular flexibility index (Phi) is 3.12. The average molecular weight is 252 g/mol. The number of nitrogens with one attached hydrogen (secondary N) is 2. The summed E-state index contributed by atoms with van der Waals surface area (Å²) in [6.07, 6.45) is 3.04. The lowest BCUT2D eigenvalue weighted by Gasteiger charge is -2.07. The number of rotatable bonds is 4. The van der Waals surface area contributed by atoms with E-state index in [0.717, 1.165) is 0 Å². The van der Waals surface area contributed by atoms with Gasteiger partial charge in [-0.15, -0.1) is 0 Å². The van der Waals surface area contributed by atoms with E-state index < -0.39 is 10.0 Å². The molecule has 4 N–H and O–H groups in total. The van der Waals surface area contributed by atoms with Crippen molar-refractivity contribution in [2.75, 3.05) is 5.73 Å². The van der Waals surface area contributed by atoms with Crippen LogP contribution in [0.1, 0.15) is 5.69 Å². The van der Waals surface area contributed by atoms with Gasteiger partial charge in [-0.05, 0) is 12.1 Å². The molecule has 90 valence electrons. The second-order valence-corrected chi connectivity index (χ2v) is 5.17. The molecule has 1 aromatic carbocycles. The monoisotopic (exact) mass is 252 g/mol. The van der Waals surface area contributed by atoms with Crippen molar-refractivity contribution in [3.63, 3.8) is 0 Å². The topological polar surface area (TPSA) is 101 Å². The molecule has 2 rings (SSSR count). The summed E-state index contributed by atoms with van der Waals surface area (Å²) < 4.78 is 26.3. The second kappa shape index (κ2) is 4.56. The maximum absolute atomic E-state index is 11.9. The first-order valence-corrected chi connectivity index (χ1v) is 6.39. The van der Waals surface area contributed by atoms with Gasteiger partial charge in [-0.25, -0.2) is 18.1 Å². The molecule has 1 aromatic heterocycles. The lowest BCUT2D eigenvalue weighted by Crippen LogP contribution is -2.24. The molecule has 17 heavy (non-hydrogen) atoms. The molecular weight excluding hydrogens is 240 g/mol. The van der Waals surface area contributed by atoms with Gasteiger partial charge in [0.15, 0.2) is 0 Å². The Morgan fingerprint density at radius 2 is 2.12 bits per heavy atom. The molecule has 0 unspecified atom stereocenters. The molecule has 0 amide bonds. The van der Waals surface area contributed by atoms with Gasteiger partial charge in [-0.2, -0.15) is 0 Å². The fourth-order valence-corrected chi connectivity index (χ4v) is 2.49. The van der Waals surface area contributed by atoms with Crippen LogP contribution in [-0.4, -0.2) is 18.4 Å². The molecule has 1 heterocycles. The first-order chi connectivity index (χ1) is 8.09. The van der Waals surface area contributed by atoms with E-state index >= 15 is 0 Å². The summed E-state index contributed by atoms with van der Waals surface area (Å²) in [4.78, 5) is 6.69. The largest absolute Gasteiger partial charge is 0.398 e. The number of aromatic nitrogens is 2. The van der Waals surface area contributed by atoms with Crippen LogP contribution in [0.15, 0.2) is 41.7 Å². The van der Waals surface area contributed by atoms with Gasteiger partial charge in [0, 0.05) is 11.9 Å². The van der Waals surface area contributed by atoms with Crippen LogP contribution in [0.5, 0.6) is 0 Å². The Balaban J connectivity index is 2.17. The third kappa shape index (κ3) is 2.63. The van der Waals surface area contributed by atoms with E-state index in [9.17, 15) is 8.42 Å². The van der Waals surface area contributed by atoms with Crippen molar-refractivity contribution in [1.82, 2.24) is 14.7 Å². The number of nitrogen functional groups attached to an aromatic ring is 1. The molecule has 6 nitrogen and oxygen atoms in total. The van der Waals surface area contributed by atoms with Crippen molar-refractivity contribution in [2.24, 2.45) is 0 Å². The van der Waals surface area contributed by atoms with Gasteiger partial charge < -0.3 is 10.7 Å². The first kappa shape index (κ1) is 11.6. The minimum absolute atomic E-state index is 0.0829. The van der Waals surface area contributed by atoms with Crippen molar-refractivity contribution in [1.29, 1.82) is 0 Å². The Hall–Kier alpha value is -1.86. The Bertz CT molecular complexity index is 593. The van der Waals surface area contributed by atoms with Crippen molar-refractivity contribution in [3.8, 4) is 0 Å². The van der Waals surface area contributed by atoms with Crippen LogP contribution in [0.25, 0.3) is 0 Å². The van der Waals surface area contributed by atoms with E-state index in [0.29, 0.717) is 5.69 Å². The number of nitrogens with two attached hydrogens (primary N) is 1. The summed E-state index contributed by atoms with van der Waals surface area (Å²) in [6.45, 7) is 0.149. The smallest absolute Gasteiger partial charge is 0.242 e. The number of sulfonamides is 1. The third-order valence-corrected chi connectivity index (χ3v) is 3.69. The van der Waals surface area contributed by atoms with Gasteiger partial charge in [0.05, 0.1) is 18.6 Å². The van der Waals surface area contributed by atoms with Crippen molar-refractivity contribution in [2.45, 2.75) is 11.4 Å². The fourth-order valence-electron chi connectivity index (χ4n) is 1.36. The van der Waals surface area contributed by atoms with E-state index in [1.165, 1.54) is 12.4 Å². The fraction of sp³-hybridized carbons (Fsp3) is 0.100. The molecule has 0 radical (unpaired) electrons. The van der Waals surface area contributed by atoms with Gasteiger partial charge in [0.2, 0.25) is 10.0 Å². The number of hydrogen-bond acceptors (Lipinski definition) is 4. The summed E-state index contributed by atoms with van der Waals surface area (Å²) in [6, 6.07) is 6.32. The molecule has 0 fully saturated rings. The van der Waals surface area contributed by atoms with Crippen molar-refractivity contribution < 1.29 is 8.42 Å². The van der Waals surface area contributed by atoms with E-state index in [4.69, 9.17) is 5.73 Å². The van der Waals surface area contributed by atoms with E-state index in [1.807, 2.05) is 0 Å². The highest BCUT2D eigenvalue weighted by molar-refractivity contribution is 7.89. The number of H-pyrrole nitrogens is 1. The number of anilines is 1. The maximum atomic E-state index is 11.9. The molecule has 0 saturated heterocycles. The van der Waals surface area contributed by atoms with Crippen LogP contribution in [0, 0.1) is 0 Å². The molecule has 0 atom stereocenters. The van der Waals surface area contributed by atoms with E-state index in [-0.39, 0.29) is 17.1 Å². The minimum Gasteiger partial charge on any atom is -0.398 e. The van der Waals surface area contributed by atoms with Crippen molar-refractivity contribution >= 4 is 15.7 Å². The van der Waals surface area contributed by atoms with Crippen LogP contribution >= 0.6 is 0 Å². The lowest BCUT2D eigenvalue weighted by atomic mass is 10.3. The third-order valence-electron chi connectivity index (χ3n) is 2.22. The zero-order valence-electron chi connectivity index (χ0n) is 8.92. The molecule has 0 aliphatic heterocycles. The number of para-hydroxylation sites is 1. The summed E-state index contributed by atoms with van der Waals surface area (Å²) >= 11 is 0. The number of aromatic amines is 1. The molecule has 0 spiro atoms. The SMILES string of the molecule is Nc1ccccc1S(=O)(=O)NCc1cnc[nH]1. The molecular formula is C10H12N4O2S. The molecule has 7 heteroatoms. The van der Waals surface area contributed by atoms with Gasteiger partial charge in [0.1, 0.15) is 4.90 Å². The molecule has 0 aliphatic carbocycles. The normalized spacial score (nSPS) is 11.5. The van der Waals surface area contributed by atoms with Crippen LogP contribution < -0.4 is 10.5 Å². The minimum atomic E-state index is -3.59. The van der Waals surface area contributed by atoms with Crippen LogP contribution in [0.2, 0.25) is 0 Å². The first-order valence-electron chi connectivity index (χ1n) is 4.91. The van der Waals surface area contributed by atoms with Gasteiger partial charge in [-0.3, -0.25) is 0 Å². The Labute approximate surface area is 98.9 Å². The number of hydrogen-bond donors (Lipinski definition) is 3. The van der Waals surface area contributed by atoms with E-state index in [2.05, 4.69) is 14.7 Å². The molecule has 2 aromatic rings. The highest BCUT2D eigenvalue weighted by Gasteiger charge is 2.16. The van der Waals surface area contributed by atoms with Crippen LogP contribution in [0.4, 0.5) is 5.69 Å². The molecule has 0 saturated carbocycles. The maximum Gasteiger partial charge on any atom is 0.242 e. The average Bonchev–Trinajstić information content (AvgIpc) is 2.80. The lowest BCUT2D eigenvalue weighted by molar-refractivity contribution is 0.581. The van der Waals surface area contributed by atoms with Gasteiger partial charge in [0.25, 0.3) is 0 Å². The zero-order valence-corrected chi connectivity index (χ0v) is 9.74. The predicted octanol–water partition coefficient (Wildman–Crippen LogP) is 0.470. The van der Waals surface area contributed by atoms with Gasteiger partial charge in [-0.1, -0.05) is 12.1 Å². The summed E-state index contributed by atoms with van der Waals surface area (Å²) in [5.41, 5.74) is 6.53. The van der Waals surface area contributed by atoms with Crippen LogP contribution in [-0.2, 0) is 16.6 Å². The highest BCUT2D eigenvalue weighted by atomic mass is 32.2. The molecule has 0 bridgehead atoms. The van der Waals surface area contributed by atoms with Gasteiger partial charge >= 0.3 is 0 Å². The summed E-state index contributed by atoms with van der Waals surface area (Å²) in [5, 5.41) is 0. The zero-order chi connectivity index (χ0) is 12.3. The van der Waals surface area contributed by atoms with Crippen LogP contribution in [0.3, 0.4) is 0 Å². The standard InChI is InChI=1S/C10H12N4O2S/c11-9-3-1-2-4-10(9)17(15,16)14-6-8-5-12-7-13-8/h1-5,7,14H,6,11H2,(H,12,13). The highest BCUT2D eigenvalue weighted by Crippen LogP contribution is 2.16. The molecule has 0 aliphatic rings.